The van der Waals surface area contributed by atoms with Gasteiger partial charge in [0.15, 0.2) is 0 Å². The molecule has 1 heterocycles. The van der Waals surface area contributed by atoms with Gasteiger partial charge in [-0.1, -0.05) is 0 Å². The number of carbonyl (C=O) groups excluding carboxylic acids is 1. The van der Waals surface area contributed by atoms with Gasteiger partial charge in [0, 0.05) is 0 Å². The number of nitrogens with zero attached hydrogens (tertiary/aromatic N) is 1. The smallest absolute Gasteiger partial charge is 0.342 e. The maximum Gasteiger partial charge on any atom is 0.342 e. The van der Waals surface area contributed by atoms with Crippen molar-refractivity contribution >= 4 is 11.8 Å². The zero-order valence-electron chi connectivity index (χ0n) is 8.87. The van der Waals surface area contributed by atoms with Gasteiger partial charge in [-0.2, -0.15) is 0 Å². The van der Waals surface area contributed by atoms with Gasteiger partial charge in [-0.3, -0.25) is 0 Å². The van der Waals surface area contributed by atoms with Crippen LogP contribution in [0.5, 0.6) is 0 Å². The van der Waals surface area contributed by atoms with Crippen LogP contribution in [0, 0.1) is 5.82 Å². The molecular formula is C10H13FN2O2. The van der Waals surface area contributed by atoms with Gasteiger partial charge < -0.3 is 10.5 Å². The Labute approximate surface area is 87.3 Å². The summed E-state index contributed by atoms with van der Waals surface area (Å²) in [5, 5.41) is 0. The summed E-state index contributed by atoms with van der Waals surface area (Å²) in [7, 11) is 0. The number of ether oxygens (including phenoxy) is 1. The maximum atomic E-state index is 12.8. The lowest BCUT2D eigenvalue weighted by molar-refractivity contribution is 0.00699. The molecule has 0 atom stereocenters. The molecule has 0 radical (unpaired) electrons. The molecule has 1 aromatic heterocycles. The van der Waals surface area contributed by atoms with Gasteiger partial charge in [0.2, 0.25) is 0 Å². The number of carbonyl (C=O) groups is 1. The molecule has 1 aromatic rings. The van der Waals surface area contributed by atoms with E-state index >= 15 is 0 Å². The van der Waals surface area contributed by atoms with E-state index < -0.39 is 17.4 Å². The SMILES string of the molecule is CC(C)(C)OC(=O)c1cc(F)cnc1N. The summed E-state index contributed by atoms with van der Waals surface area (Å²) in [4.78, 5) is 15.1. The fourth-order valence-corrected chi connectivity index (χ4v) is 0.946. The van der Waals surface area contributed by atoms with E-state index in [1.165, 1.54) is 0 Å². The van der Waals surface area contributed by atoms with E-state index in [1.54, 1.807) is 20.8 Å². The second-order valence-electron chi connectivity index (χ2n) is 4.09. The normalized spacial score (nSPS) is 11.2. The Kier molecular flexibility index (Phi) is 2.93. The van der Waals surface area contributed by atoms with Gasteiger partial charge in [-0.25, -0.2) is 14.2 Å². The van der Waals surface area contributed by atoms with E-state index in [2.05, 4.69) is 4.98 Å². The molecule has 0 spiro atoms. The molecule has 0 aliphatic rings. The van der Waals surface area contributed by atoms with Crippen molar-refractivity contribution in [2.24, 2.45) is 0 Å². The molecule has 82 valence electrons. The summed E-state index contributed by atoms with van der Waals surface area (Å²) >= 11 is 0. The predicted octanol–water partition coefficient (Wildman–Crippen LogP) is 1.76. The number of anilines is 1. The number of nitrogens with two attached hydrogens (primary N) is 1. The standard InChI is InChI=1S/C10H13FN2O2/c1-10(2,3)15-9(14)7-4-6(11)5-13-8(7)12/h4-5H,1-3H3,(H2,12,13). The molecule has 0 aromatic carbocycles. The Morgan fingerprint density at radius 1 is 1.53 bits per heavy atom. The molecule has 2 N–H and O–H groups in total. The van der Waals surface area contributed by atoms with Crippen molar-refractivity contribution in [1.29, 1.82) is 0 Å². The Morgan fingerprint density at radius 3 is 2.67 bits per heavy atom. The molecule has 15 heavy (non-hydrogen) atoms. The lowest BCUT2D eigenvalue weighted by atomic mass is 10.2. The fourth-order valence-electron chi connectivity index (χ4n) is 0.946. The van der Waals surface area contributed by atoms with E-state index in [0.717, 1.165) is 12.3 Å². The minimum atomic E-state index is -0.674. The van der Waals surface area contributed by atoms with Crippen LogP contribution in [0.2, 0.25) is 0 Å². The molecule has 0 aliphatic carbocycles. The molecule has 1 rings (SSSR count). The minimum absolute atomic E-state index is 0.0364. The summed E-state index contributed by atoms with van der Waals surface area (Å²) in [6.45, 7) is 5.15. The first-order valence-electron chi connectivity index (χ1n) is 4.44. The highest BCUT2D eigenvalue weighted by atomic mass is 19.1. The van der Waals surface area contributed by atoms with Crippen LogP contribution in [0.3, 0.4) is 0 Å². The van der Waals surface area contributed by atoms with Gasteiger partial charge in [-0.15, -0.1) is 0 Å². The maximum absolute atomic E-state index is 12.8. The average molecular weight is 212 g/mol. The minimum Gasteiger partial charge on any atom is -0.456 e. The van der Waals surface area contributed by atoms with Crippen molar-refractivity contribution in [3.05, 3.63) is 23.6 Å². The molecule has 4 nitrogen and oxygen atoms in total. The lowest BCUT2D eigenvalue weighted by Gasteiger charge is -2.19. The van der Waals surface area contributed by atoms with E-state index in [1.807, 2.05) is 0 Å². The molecular weight excluding hydrogens is 199 g/mol. The van der Waals surface area contributed by atoms with E-state index in [9.17, 15) is 9.18 Å². The zero-order valence-corrected chi connectivity index (χ0v) is 8.87. The highest BCUT2D eigenvalue weighted by Gasteiger charge is 2.20. The third kappa shape index (κ3) is 3.19. The summed E-state index contributed by atoms with van der Waals surface area (Å²) in [5.74, 6) is -1.33. The number of hydrogen-bond donors (Lipinski definition) is 1. The highest BCUT2D eigenvalue weighted by molar-refractivity contribution is 5.94. The quantitative estimate of drug-likeness (QED) is 0.720. The Bertz CT molecular complexity index is 385. The average Bonchev–Trinajstić information content (AvgIpc) is 2.06. The van der Waals surface area contributed by atoms with Gasteiger partial charge in [0.1, 0.15) is 22.8 Å². The third-order valence-electron chi connectivity index (χ3n) is 1.50. The van der Waals surface area contributed by atoms with Crippen LogP contribution in [-0.2, 0) is 4.74 Å². The van der Waals surface area contributed by atoms with Crippen molar-refractivity contribution in [3.8, 4) is 0 Å². The summed E-state index contributed by atoms with van der Waals surface area (Å²) < 4.78 is 17.8. The highest BCUT2D eigenvalue weighted by Crippen LogP contribution is 2.16. The molecule has 0 fully saturated rings. The Morgan fingerprint density at radius 2 is 2.13 bits per heavy atom. The molecule has 0 unspecified atom stereocenters. The molecule has 5 heteroatoms. The van der Waals surface area contributed by atoms with Crippen LogP contribution in [0.25, 0.3) is 0 Å². The summed E-state index contributed by atoms with van der Waals surface area (Å²) in [6, 6.07) is 1.01. The van der Waals surface area contributed by atoms with Gasteiger partial charge in [-0.05, 0) is 26.8 Å². The van der Waals surface area contributed by atoms with Gasteiger partial charge in [0.05, 0.1) is 6.20 Å². The third-order valence-corrected chi connectivity index (χ3v) is 1.50. The molecule has 0 aliphatic heterocycles. The number of nitrogen functional groups attached to an aromatic ring is 1. The largest absolute Gasteiger partial charge is 0.456 e. The van der Waals surface area contributed by atoms with Gasteiger partial charge >= 0.3 is 5.97 Å². The van der Waals surface area contributed by atoms with Crippen LogP contribution in [0.4, 0.5) is 10.2 Å². The first kappa shape index (κ1) is 11.4. The van der Waals surface area contributed by atoms with Gasteiger partial charge in [0.25, 0.3) is 0 Å². The Balaban J connectivity index is 2.96. The van der Waals surface area contributed by atoms with E-state index in [-0.39, 0.29) is 11.4 Å². The van der Waals surface area contributed by atoms with Crippen molar-refractivity contribution in [2.45, 2.75) is 26.4 Å². The van der Waals surface area contributed by atoms with Crippen molar-refractivity contribution in [3.63, 3.8) is 0 Å². The Hall–Kier alpha value is -1.65. The number of hydrogen-bond acceptors (Lipinski definition) is 4. The van der Waals surface area contributed by atoms with E-state index in [0.29, 0.717) is 0 Å². The van der Waals surface area contributed by atoms with Crippen molar-refractivity contribution in [1.82, 2.24) is 4.98 Å². The topological polar surface area (TPSA) is 65.2 Å². The predicted molar refractivity (Wildman–Crippen MR) is 53.8 cm³/mol. The van der Waals surface area contributed by atoms with E-state index in [4.69, 9.17) is 10.5 Å². The van der Waals surface area contributed by atoms with Crippen LogP contribution in [0.15, 0.2) is 12.3 Å². The second-order valence-corrected chi connectivity index (χ2v) is 4.09. The number of esters is 1. The first-order chi connectivity index (χ1) is 6.79. The molecule has 0 saturated carbocycles. The van der Waals surface area contributed by atoms with Crippen LogP contribution in [-0.4, -0.2) is 16.6 Å². The number of rotatable bonds is 1. The molecule has 0 saturated heterocycles. The number of pyridine rings is 1. The number of aromatic nitrogens is 1. The number of halogens is 1. The zero-order chi connectivity index (χ0) is 11.6. The lowest BCUT2D eigenvalue weighted by Crippen LogP contribution is -2.24. The second kappa shape index (κ2) is 3.84. The fraction of sp³-hybridized carbons (Fsp3) is 0.400. The van der Waals surface area contributed by atoms with Crippen LogP contribution >= 0.6 is 0 Å². The van der Waals surface area contributed by atoms with Crippen LogP contribution < -0.4 is 5.73 Å². The first-order valence-corrected chi connectivity index (χ1v) is 4.44. The summed E-state index contributed by atoms with van der Waals surface area (Å²) in [5.41, 5.74) is 4.74. The van der Waals surface area contributed by atoms with Crippen molar-refractivity contribution < 1.29 is 13.9 Å². The molecule has 0 amide bonds. The molecule has 0 bridgehead atoms. The monoisotopic (exact) mass is 212 g/mol. The van der Waals surface area contributed by atoms with Crippen molar-refractivity contribution in [2.75, 3.05) is 5.73 Å². The van der Waals surface area contributed by atoms with Crippen LogP contribution in [0.1, 0.15) is 31.1 Å². The summed E-state index contributed by atoms with van der Waals surface area (Å²) in [6.07, 6.45) is 0.948.